The maximum Gasteiger partial charge on any atom is 0.231 e. The van der Waals surface area contributed by atoms with Crippen LogP contribution in [0.3, 0.4) is 0 Å². The van der Waals surface area contributed by atoms with Gasteiger partial charge >= 0.3 is 0 Å². The minimum Gasteiger partial charge on any atom is -0.354 e. The number of hydrogen-bond acceptors (Lipinski definition) is 1. The van der Waals surface area contributed by atoms with Crippen LogP contribution in [0.5, 0.6) is 0 Å². The lowest BCUT2D eigenvalue weighted by Gasteiger charge is -2.19. The van der Waals surface area contributed by atoms with E-state index in [1.54, 1.807) is 0 Å². The van der Waals surface area contributed by atoms with Gasteiger partial charge in [-0.25, -0.2) is 0 Å². The number of hydrogen-bond donors (Lipinski definition) is 2. The Hall–Kier alpha value is -4.05. The van der Waals surface area contributed by atoms with Gasteiger partial charge in [-0.3, -0.25) is 4.79 Å². The Balaban J connectivity index is 1.64. The van der Waals surface area contributed by atoms with Crippen LogP contribution < -0.4 is 4.90 Å². The van der Waals surface area contributed by atoms with Gasteiger partial charge in [0.05, 0.1) is 29.7 Å². The van der Waals surface area contributed by atoms with E-state index in [9.17, 15) is 4.79 Å². The number of carbonyl (C=O) groups excluding carboxylic acids is 1. The molecule has 1 amide bonds. The number of para-hydroxylation sites is 2. The molecule has 148 valence electrons. The largest absolute Gasteiger partial charge is 0.354 e. The molecule has 0 saturated carbocycles. The van der Waals surface area contributed by atoms with Crippen LogP contribution >= 0.6 is 0 Å². The lowest BCUT2D eigenvalue weighted by atomic mass is 10.00. The Morgan fingerprint density at radius 1 is 0.710 bits per heavy atom. The van der Waals surface area contributed by atoms with Gasteiger partial charge in [0.2, 0.25) is 5.91 Å². The van der Waals surface area contributed by atoms with Gasteiger partial charge in [-0.15, -0.1) is 0 Å². The van der Waals surface area contributed by atoms with E-state index in [1.807, 2.05) is 23.1 Å². The van der Waals surface area contributed by atoms with E-state index in [-0.39, 0.29) is 5.91 Å². The number of aromatic nitrogens is 2. The molecule has 2 aromatic heterocycles. The van der Waals surface area contributed by atoms with Gasteiger partial charge in [0.1, 0.15) is 0 Å². The molecule has 4 heteroatoms. The van der Waals surface area contributed by atoms with Crippen LogP contribution in [0.2, 0.25) is 0 Å². The van der Waals surface area contributed by atoms with Crippen LogP contribution in [0.4, 0.5) is 5.69 Å². The second-order valence-electron chi connectivity index (χ2n) is 8.31. The van der Waals surface area contributed by atoms with Crippen molar-refractivity contribution in [3.05, 3.63) is 90.0 Å². The third kappa shape index (κ3) is 2.22. The SMILES string of the molecule is O=C1Cc2c(c3[nH]c4ccccc4c3c3c2[nH]c2ccccc23)N1Cc1ccccc1. The molecule has 2 N–H and O–H groups in total. The molecule has 7 rings (SSSR count). The first-order valence-corrected chi connectivity index (χ1v) is 10.6. The first kappa shape index (κ1) is 16.7. The summed E-state index contributed by atoms with van der Waals surface area (Å²) in [5.41, 5.74) is 7.56. The topological polar surface area (TPSA) is 51.9 Å². The molecule has 0 spiro atoms. The molecule has 0 radical (unpaired) electrons. The van der Waals surface area contributed by atoms with E-state index in [0.717, 1.165) is 38.9 Å². The number of anilines is 1. The predicted molar refractivity (Wildman–Crippen MR) is 127 cm³/mol. The Bertz CT molecular complexity index is 1660. The zero-order valence-corrected chi connectivity index (χ0v) is 16.8. The lowest BCUT2D eigenvalue weighted by molar-refractivity contribution is -0.117. The molecule has 1 aliphatic heterocycles. The second-order valence-corrected chi connectivity index (χ2v) is 8.31. The molecule has 0 unspecified atom stereocenters. The van der Waals surface area contributed by atoms with E-state index in [2.05, 4.69) is 70.6 Å². The average molecular weight is 401 g/mol. The quantitative estimate of drug-likeness (QED) is 0.365. The summed E-state index contributed by atoms with van der Waals surface area (Å²) in [7, 11) is 0. The highest BCUT2D eigenvalue weighted by Crippen LogP contribution is 2.47. The fraction of sp³-hybridized carbons (Fsp3) is 0.0741. The molecule has 6 aromatic rings. The molecule has 0 fully saturated rings. The van der Waals surface area contributed by atoms with Gasteiger partial charge in [-0.1, -0.05) is 66.7 Å². The number of nitrogens with one attached hydrogen (secondary N) is 2. The first-order chi connectivity index (χ1) is 15.3. The molecular weight excluding hydrogens is 382 g/mol. The van der Waals surface area contributed by atoms with Crippen LogP contribution in [-0.2, 0) is 17.8 Å². The number of rotatable bonds is 2. The number of aromatic amines is 2. The zero-order valence-electron chi connectivity index (χ0n) is 16.8. The van der Waals surface area contributed by atoms with Crippen LogP contribution in [0.1, 0.15) is 11.1 Å². The van der Waals surface area contributed by atoms with Gasteiger partial charge in [0.15, 0.2) is 0 Å². The summed E-state index contributed by atoms with van der Waals surface area (Å²) < 4.78 is 0. The van der Waals surface area contributed by atoms with Gasteiger partial charge in [0, 0.05) is 38.1 Å². The summed E-state index contributed by atoms with van der Waals surface area (Å²) in [5, 5.41) is 4.78. The summed E-state index contributed by atoms with van der Waals surface area (Å²) in [6.45, 7) is 0.572. The molecule has 4 aromatic carbocycles. The lowest BCUT2D eigenvalue weighted by Crippen LogP contribution is -2.26. The number of amides is 1. The Morgan fingerprint density at radius 2 is 1.29 bits per heavy atom. The minimum atomic E-state index is 0.143. The summed E-state index contributed by atoms with van der Waals surface area (Å²) in [5.74, 6) is 0.143. The van der Waals surface area contributed by atoms with Crippen molar-refractivity contribution in [2.45, 2.75) is 13.0 Å². The van der Waals surface area contributed by atoms with E-state index in [1.165, 1.54) is 21.5 Å². The fourth-order valence-corrected chi connectivity index (χ4v) is 5.25. The maximum absolute atomic E-state index is 13.3. The fourth-order valence-electron chi connectivity index (χ4n) is 5.25. The van der Waals surface area contributed by atoms with E-state index >= 15 is 0 Å². The second kappa shape index (κ2) is 5.99. The van der Waals surface area contributed by atoms with Crippen molar-refractivity contribution in [1.82, 2.24) is 9.97 Å². The van der Waals surface area contributed by atoms with E-state index in [0.29, 0.717) is 13.0 Å². The van der Waals surface area contributed by atoms with Crippen molar-refractivity contribution in [3.63, 3.8) is 0 Å². The zero-order chi connectivity index (χ0) is 20.5. The molecule has 3 heterocycles. The van der Waals surface area contributed by atoms with Gasteiger partial charge in [0.25, 0.3) is 0 Å². The predicted octanol–water partition coefficient (Wildman–Crippen LogP) is 6.04. The van der Waals surface area contributed by atoms with E-state index in [4.69, 9.17) is 0 Å². The van der Waals surface area contributed by atoms with Crippen molar-refractivity contribution in [2.75, 3.05) is 4.90 Å². The number of fused-ring (bicyclic) bond motifs is 10. The highest BCUT2D eigenvalue weighted by Gasteiger charge is 2.34. The smallest absolute Gasteiger partial charge is 0.231 e. The average Bonchev–Trinajstić information content (AvgIpc) is 3.46. The Kier molecular flexibility index (Phi) is 3.23. The summed E-state index contributed by atoms with van der Waals surface area (Å²) in [6.07, 6.45) is 0.413. The van der Waals surface area contributed by atoms with Crippen molar-refractivity contribution in [2.24, 2.45) is 0 Å². The van der Waals surface area contributed by atoms with Crippen molar-refractivity contribution < 1.29 is 4.79 Å². The molecule has 31 heavy (non-hydrogen) atoms. The van der Waals surface area contributed by atoms with Crippen LogP contribution in [-0.4, -0.2) is 15.9 Å². The molecule has 0 aliphatic carbocycles. The number of carbonyl (C=O) groups is 1. The molecule has 4 nitrogen and oxygen atoms in total. The van der Waals surface area contributed by atoms with Crippen LogP contribution in [0, 0.1) is 0 Å². The molecule has 0 atom stereocenters. The Labute approximate surface area is 178 Å². The molecule has 1 aliphatic rings. The van der Waals surface area contributed by atoms with E-state index < -0.39 is 0 Å². The monoisotopic (exact) mass is 401 g/mol. The van der Waals surface area contributed by atoms with Crippen LogP contribution in [0.25, 0.3) is 43.6 Å². The summed E-state index contributed by atoms with van der Waals surface area (Å²) in [4.78, 5) is 22.5. The third-order valence-electron chi connectivity index (χ3n) is 6.57. The summed E-state index contributed by atoms with van der Waals surface area (Å²) in [6, 6.07) is 27.0. The number of nitrogens with zero attached hydrogens (tertiary/aromatic N) is 1. The first-order valence-electron chi connectivity index (χ1n) is 10.6. The minimum absolute atomic E-state index is 0.143. The number of benzene rings is 4. The van der Waals surface area contributed by atoms with Gasteiger partial charge in [-0.2, -0.15) is 0 Å². The molecule has 0 bridgehead atoms. The summed E-state index contributed by atoms with van der Waals surface area (Å²) >= 11 is 0. The highest BCUT2D eigenvalue weighted by atomic mass is 16.2. The maximum atomic E-state index is 13.3. The van der Waals surface area contributed by atoms with Crippen molar-refractivity contribution in [1.29, 1.82) is 0 Å². The number of H-pyrrole nitrogens is 2. The third-order valence-corrected chi connectivity index (χ3v) is 6.57. The van der Waals surface area contributed by atoms with Gasteiger partial charge < -0.3 is 14.9 Å². The van der Waals surface area contributed by atoms with Gasteiger partial charge in [-0.05, 0) is 17.7 Å². The van der Waals surface area contributed by atoms with Crippen molar-refractivity contribution in [3.8, 4) is 0 Å². The normalized spacial score (nSPS) is 13.8. The Morgan fingerprint density at radius 3 is 2.00 bits per heavy atom. The highest BCUT2D eigenvalue weighted by molar-refractivity contribution is 6.33. The standard InChI is InChI=1S/C27H19N3O/c31-22-14-19-25-23(17-10-4-6-12-20(17)28-25)24-18-11-5-7-13-21(18)29-26(24)27(19)30(22)15-16-8-2-1-3-9-16/h1-13,28-29H,14-15H2. The van der Waals surface area contributed by atoms with Crippen LogP contribution in [0.15, 0.2) is 78.9 Å². The van der Waals surface area contributed by atoms with Crippen molar-refractivity contribution >= 4 is 55.2 Å². The molecule has 0 saturated heterocycles. The molecular formula is C27H19N3O.